The van der Waals surface area contributed by atoms with Crippen LogP contribution in [0, 0.1) is 0 Å². The number of rotatable bonds is 4. The fourth-order valence-corrected chi connectivity index (χ4v) is 0.752. The van der Waals surface area contributed by atoms with Crippen molar-refractivity contribution in [3.05, 3.63) is 0 Å². The Hall–Kier alpha value is -0.220. The van der Waals surface area contributed by atoms with E-state index in [0.29, 0.717) is 0 Å². The van der Waals surface area contributed by atoms with Gasteiger partial charge >= 0.3 is 0 Å². The van der Waals surface area contributed by atoms with Gasteiger partial charge in [-0.1, -0.05) is 0 Å². The average Bonchev–Trinajstić information content (AvgIpc) is 1.84. The molecular formula is C7H15F2NO. The monoisotopic (exact) mass is 167 g/mol. The molecule has 0 aromatic rings. The number of alkyl halides is 2. The van der Waals surface area contributed by atoms with Crippen LogP contribution in [0.4, 0.5) is 8.78 Å². The minimum absolute atomic E-state index is 0.219. The van der Waals surface area contributed by atoms with Crippen LogP contribution in [0.1, 0.15) is 13.8 Å². The Labute approximate surface area is 65.8 Å². The van der Waals surface area contributed by atoms with Gasteiger partial charge in [0.15, 0.2) is 0 Å². The zero-order valence-electron chi connectivity index (χ0n) is 7.09. The van der Waals surface area contributed by atoms with Crippen molar-refractivity contribution in [1.29, 1.82) is 0 Å². The number of nitrogens with zero attached hydrogens (tertiary/aromatic N) is 1. The fraction of sp³-hybridized carbons (Fsp3) is 1.00. The van der Waals surface area contributed by atoms with Crippen molar-refractivity contribution < 1.29 is 13.9 Å². The van der Waals surface area contributed by atoms with E-state index in [1.54, 1.807) is 20.9 Å². The molecule has 0 aromatic heterocycles. The molecule has 1 N–H and O–H groups in total. The second kappa shape index (κ2) is 4.62. The molecule has 0 saturated heterocycles. The Balaban J connectivity index is 3.73. The SMILES string of the molecule is CC(O)C(C)N(C)CC(F)F. The van der Waals surface area contributed by atoms with Gasteiger partial charge in [-0.15, -0.1) is 0 Å². The number of hydrogen-bond acceptors (Lipinski definition) is 2. The Kier molecular flexibility index (Phi) is 4.52. The highest BCUT2D eigenvalue weighted by Gasteiger charge is 2.17. The van der Waals surface area contributed by atoms with Crippen LogP contribution in [-0.2, 0) is 0 Å². The third-order valence-corrected chi connectivity index (χ3v) is 1.82. The lowest BCUT2D eigenvalue weighted by Crippen LogP contribution is -2.39. The molecular weight excluding hydrogens is 152 g/mol. The molecule has 4 heteroatoms. The minimum Gasteiger partial charge on any atom is -0.392 e. The molecule has 11 heavy (non-hydrogen) atoms. The first-order valence-corrected chi connectivity index (χ1v) is 3.61. The zero-order chi connectivity index (χ0) is 9.02. The molecule has 0 aromatic carbocycles. The van der Waals surface area contributed by atoms with Gasteiger partial charge in [0, 0.05) is 6.04 Å². The largest absolute Gasteiger partial charge is 0.392 e. The van der Waals surface area contributed by atoms with Crippen molar-refractivity contribution in [2.45, 2.75) is 32.4 Å². The molecule has 0 amide bonds. The lowest BCUT2D eigenvalue weighted by molar-refractivity contribution is 0.0391. The van der Waals surface area contributed by atoms with Gasteiger partial charge < -0.3 is 5.11 Å². The summed E-state index contributed by atoms with van der Waals surface area (Å²) in [6.07, 6.45) is -2.90. The van der Waals surface area contributed by atoms with Crippen molar-refractivity contribution in [2.75, 3.05) is 13.6 Å². The Morgan fingerprint density at radius 1 is 1.36 bits per heavy atom. The first-order chi connectivity index (χ1) is 4.95. The lowest BCUT2D eigenvalue weighted by atomic mass is 10.2. The molecule has 0 radical (unpaired) electrons. The van der Waals surface area contributed by atoms with Gasteiger partial charge in [0.1, 0.15) is 0 Å². The van der Waals surface area contributed by atoms with Crippen LogP contribution in [0.25, 0.3) is 0 Å². The molecule has 0 rings (SSSR count). The van der Waals surface area contributed by atoms with E-state index < -0.39 is 12.5 Å². The van der Waals surface area contributed by atoms with Crippen LogP contribution in [0.3, 0.4) is 0 Å². The van der Waals surface area contributed by atoms with Crippen molar-refractivity contribution in [1.82, 2.24) is 4.90 Å². The maximum absolute atomic E-state index is 11.8. The molecule has 0 aliphatic heterocycles. The molecule has 0 saturated carbocycles. The molecule has 68 valence electrons. The van der Waals surface area contributed by atoms with Gasteiger partial charge in [-0.05, 0) is 20.9 Å². The number of aliphatic hydroxyl groups excluding tert-OH is 1. The number of hydrogen-bond donors (Lipinski definition) is 1. The zero-order valence-corrected chi connectivity index (χ0v) is 7.09. The van der Waals surface area contributed by atoms with Gasteiger partial charge in [0.25, 0.3) is 6.43 Å². The molecule has 2 unspecified atom stereocenters. The van der Waals surface area contributed by atoms with E-state index in [0.717, 1.165) is 0 Å². The predicted octanol–water partition coefficient (Wildman–Crippen LogP) is 0.953. The van der Waals surface area contributed by atoms with Crippen molar-refractivity contribution in [3.8, 4) is 0 Å². The number of aliphatic hydroxyl groups is 1. The summed E-state index contributed by atoms with van der Waals surface area (Å²) < 4.78 is 23.6. The number of likely N-dealkylation sites (N-methyl/N-ethyl adjacent to an activating group) is 1. The molecule has 0 fully saturated rings. The minimum atomic E-state index is -2.33. The maximum atomic E-state index is 11.8. The van der Waals surface area contributed by atoms with Crippen LogP contribution >= 0.6 is 0 Å². The van der Waals surface area contributed by atoms with Gasteiger partial charge in [-0.2, -0.15) is 0 Å². The first kappa shape index (κ1) is 10.8. The van der Waals surface area contributed by atoms with Gasteiger partial charge in [-0.25, -0.2) is 8.78 Å². The van der Waals surface area contributed by atoms with E-state index in [9.17, 15) is 8.78 Å². The van der Waals surface area contributed by atoms with Crippen LogP contribution in [0.15, 0.2) is 0 Å². The molecule has 0 spiro atoms. The molecule has 0 bridgehead atoms. The molecule has 2 nitrogen and oxygen atoms in total. The summed E-state index contributed by atoms with van der Waals surface area (Å²) in [5.41, 5.74) is 0. The first-order valence-electron chi connectivity index (χ1n) is 3.61. The second-order valence-electron chi connectivity index (χ2n) is 2.81. The fourth-order valence-electron chi connectivity index (χ4n) is 0.752. The van der Waals surface area contributed by atoms with E-state index >= 15 is 0 Å². The molecule has 0 aliphatic carbocycles. The summed E-state index contributed by atoms with van der Waals surface area (Å²) in [6.45, 7) is 3.02. The summed E-state index contributed by atoms with van der Waals surface area (Å²) in [5, 5.41) is 9.02. The maximum Gasteiger partial charge on any atom is 0.251 e. The van der Waals surface area contributed by atoms with E-state index in [1.165, 1.54) is 4.90 Å². The van der Waals surface area contributed by atoms with Crippen LogP contribution < -0.4 is 0 Å². The Morgan fingerprint density at radius 2 is 1.82 bits per heavy atom. The Morgan fingerprint density at radius 3 is 2.09 bits per heavy atom. The summed E-state index contributed by atoms with van der Waals surface area (Å²) in [5.74, 6) is 0. The molecule has 2 atom stereocenters. The molecule has 0 heterocycles. The van der Waals surface area contributed by atoms with Crippen LogP contribution in [0.5, 0.6) is 0 Å². The lowest BCUT2D eigenvalue weighted by Gasteiger charge is -2.26. The summed E-state index contributed by atoms with van der Waals surface area (Å²) in [6, 6.07) is -0.219. The highest BCUT2D eigenvalue weighted by atomic mass is 19.3. The summed E-state index contributed by atoms with van der Waals surface area (Å²) >= 11 is 0. The average molecular weight is 167 g/mol. The highest BCUT2D eigenvalue weighted by molar-refractivity contribution is 4.68. The van der Waals surface area contributed by atoms with Gasteiger partial charge in [0.05, 0.1) is 12.6 Å². The van der Waals surface area contributed by atoms with Gasteiger partial charge in [0.2, 0.25) is 0 Å². The second-order valence-corrected chi connectivity index (χ2v) is 2.81. The third-order valence-electron chi connectivity index (χ3n) is 1.82. The van der Waals surface area contributed by atoms with Gasteiger partial charge in [-0.3, -0.25) is 4.90 Å². The summed E-state index contributed by atoms with van der Waals surface area (Å²) in [7, 11) is 1.57. The highest BCUT2D eigenvalue weighted by Crippen LogP contribution is 2.04. The van der Waals surface area contributed by atoms with Crippen LogP contribution in [-0.4, -0.2) is 42.2 Å². The van der Waals surface area contributed by atoms with E-state index in [1.807, 2.05) is 0 Å². The van der Waals surface area contributed by atoms with Crippen molar-refractivity contribution in [2.24, 2.45) is 0 Å². The summed E-state index contributed by atoms with van der Waals surface area (Å²) in [4.78, 5) is 1.44. The van der Waals surface area contributed by atoms with Crippen LogP contribution in [0.2, 0.25) is 0 Å². The number of halogens is 2. The Bertz CT molecular complexity index is 109. The van der Waals surface area contributed by atoms with Crippen molar-refractivity contribution in [3.63, 3.8) is 0 Å². The van der Waals surface area contributed by atoms with E-state index in [2.05, 4.69) is 0 Å². The van der Waals surface area contributed by atoms with Crippen molar-refractivity contribution >= 4 is 0 Å². The quantitative estimate of drug-likeness (QED) is 0.674. The normalized spacial score (nSPS) is 17.5. The third kappa shape index (κ3) is 4.27. The smallest absolute Gasteiger partial charge is 0.251 e. The standard InChI is InChI=1S/C7H15F2NO/c1-5(6(2)11)10(3)4-7(8)9/h5-7,11H,4H2,1-3H3. The van der Waals surface area contributed by atoms with E-state index in [4.69, 9.17) is 5.11 Å². The molecule has 0 aliphatic rings. The predicted molar refractivity (Wildman–Crippen MR) is 39.8 cm³/mol. The van der Waals surface area contributed by atoms with E-state index in [-0.39, 0.29) is 12.6 Å². The topological polar surface area (TPSA) is 23.5 Å².